The van der Waals surface area contributed by atoms with Gasteiger partial charge in [0, 0.05) is 18.2 Å². The number of hydrogen-bond acceptors (Lipinski definition) is 3. The third kappa shape index (κ3) is 4.28. The topological polar surface area (TPSA) is 86.9 Å². The Labute approximate surface area is 162 Å². The Morgan fingerprint density at radius 3 is 2.56 bits per heavy atom. The van der Waals surface area contributed by atoms with Gasteiger partial charge in [0.05, 0.1) is 16.1 Å². The maximum Gasteiger partial charge on any atom is 0.247 e. The van der Waals surface area contributed by atoms with Gasteiger partial charge in [-0.2, -0.15) is 0 Å². The zero-order valence-corrected chi connectivity index (χ0v) is 16.1. The molecule has 0 spiro atoms. The van der Waals surface area contributed by atoms with Crippen molar-refractivity contribution in [2.75, 3.05) is 5.32 Å². The first-order valence-electron chi connectivity index (χ1n) is 8.68. The van der Waals surface area contributed by atoms with E-state index in [1.807, 2.05) is 50.2 Å². The number of aromatic amines is 1. The smallest absolute Gasteiger partial charge is 0.247 e. The van der Waals surface area contributed by atoms with E-state index < -0.39 is 6.04 Å². The fourth-order valence-corrected chi connectivity index (χ4v) is 3.07. The number of amides is 2. The van der Waals surface area contributed by atoms with Crippen LogP contribution in [0.15, 0.2) is 42.5 Å². The standard InChI is InChI=1S/C20H21ClN4O2/c1-11(2)18(22-12(3)26)20(27)23-13-8-9-16-17(10-13)25-19(24-16)14-6-4-5-7-15(14)21/h4-11,18H,1-3H3,(H,22,26)(H,23,27)(H,24,25). The molecule has 0 bridgehead atoms. The molecular formula is C20H21ClN4O2. The minimum atomic E-state index is -0.598. The van der Waals surface area contributed by atoms with Crippen LogP contribution in [0.5, 0.6) is 0 Å². The molecule has 1 unspecified atom stereocenters. The molecule has 0 aliphatic heterocycles. The Kier molecular flexibility index (Phi) is 5.46. The van der Waals surface area contributed by atoms with Gasteiger partial charge in [0.2, 0.25) is 11.8 Å². The zero-order valence-electron chi connectivity index (χ0n) is 15.3. The number of nitrogens with one attached hydrogen (secondary N) is 3. The molecule has 3 N–H and O–H groups in total. The van der Waals surface area contributed by atoms with E-state index in [1.165, 1.54) is 6.92 Å². The molecule has 0 radical (unpaired) electrons. The van der Waals surface area contributed by atoms with Crippen LogP contribution in [0.4, 0.5) is 5.69 Å². The Balaban J connectivity index is 1.85. The SMILES string of the molecule is CC(=O)NC(C(=O)Nc1ccc2nc(-c3ccccc3Cl)[nH]c2c1)C(C)C. The molecule has 3 aromatic rings. The molecule has 2 aromatic carbocycles. The van der Waals surface area contributed by atoms with Crippen molar-refractivity contribution in [3.63, 3.8) is 0 Å². The van der Waals surface area contributed by atoms with E-state index in [2.05, 4.69) is 20.6 Å². The average Bonchev–Trinajstić information content (AvgIpc) is 3.02. The summed E-state index contributed by atoms with van der Waals surface area (Å²) in [6.45, 7) is 5.16. The number of H-pyrrole nitrogens is 1. The van der Waals surface area contributed by atoms with Crippen LogP contribution in [0.3, 0.4) is 0 Å². The van der Waals surface area contributed by atoms with Gasteiger partial charge in [-0.05, 0) is 36.2 Å². The van der Waals surface area contributed by atoms with Crippen LogP contribution in [0.2, 0.25) is 5.02 Å². The van der Waals surface area contributed by atoms with Crippen molar-refractivity contribution in [2.45, 2.75) is 26.8 Å². The summed E-state index contributed by atoms with van der Waals surface area (Å²) in [6, 6.07) is 12.3. The molecule has 2 amide bonds. The second-order valence-electron chi connectivity index (χ2n) is 6.71. The normalized spacial score (nSPS) is 12.2. The quantitative estimate of drug-likeness (QED) is 0.621. The number of fused-ring (bicyclic) bond motifs is 1. The van der Waals surface area contributed by atoms with Crippen LogP contribution in [0.25, 0.3) is 22.4 Å². The average molecular weight is 385 g/mol. The fraction of sp³-hybridized carbons (Fsp3) is 0.250. The number of nitrogens with zero attached hydrogens (tertiary/aromatic N) is 1. The van der Waals surface area contributed by atoms with Crippen LogP contribution < -0.4 is 10.6 Å². The molecule has 0 aliphatic carbocycles. The summed E-state index contributed by atoms with van der Waals surface area (Å²) < 4.78 is 0. The monoisotopic (exact) mass is 384 g/mol. The third-order valence-corrected chi connectivity index (χ3v) is 4.52. The van der Waals surface area contributed by atoms with E-state index in [-0.39, 0.29) is 17.7 Å². The summed E-state index contributed by atoms with van der Waals surface area (Å²) in [6.07, 6.45) is 0. The van der Waals surface area contributed by atoms with Gasteiger partial charge in [0.25, 0.3) is 0 Å². The van der Waals surface area contributed by atoms with Crippen molar-refractivity contribution >= 4 is 40.1 Å². The number of halogens is 1. The maximum atomic E-state index is 12.5. The second-order valence-corrected chi connectivity index (χ2v) is 7.12. The Morgan fingerprint density at radius 1 is 1.15 bits per heavy atom. The van der Waals surface area contributed by atoms with Crippen LogP contribution >= 0.6 is 11.6 Å². The molecule has 0 saturated heterocycles. The summed E-state index contributed by atoms with van der Waals surface area (Å²) in [5.41, 5.74) is 2.98. The molecule has 0 aliphatic rings. The largest absolute Gasteiger partial charge is 0.344 e. The van der Waals surface area contributed by atoms with Crippen molar-refractivity contribution in [3.05, 3.63) is 47.5 Å². The Hall–Kier alpha value is -2.86. The zero-order chi connectivity index (χ0) is 19.6. The summed E-state index contributed by atoms with van der Waals surface area (Å²) in [5, 5.41) is 6.15. The van der Waals surface area contributed by atoms with Gasteiger partial charge in [-0.1, -0.05) is 37.6 Å². The maximum absolute atomic E-state index is 12.5. The lowest BCUT2D eigenvalue weighted by molar-refractivity contribution is -0.126. The van der Waals surface area contributed by atoms with Gasteiger partial charge in [0.1, 0.15) is 11.9 Å². The summed E-state index contributed by atoms with van der Waals surface area (Å²) >= 11 is 6.24. The molecule has 6 nitrogen and oxygen atoms in total. The third-order valence-electron chi connectivity index (χ3n) is 4.19. The molecular weight excluding hydrogens is 364 g/mol. The van der Waals surface area contributed by atoms with Crippen molar-refractivity contribution in [3.8, 4) is 11.4 Å². The lowest BCUT2D eigenvalue weighted by atomic mass is 10.0. The van der Waals surface area contributed by atoms with E-state index in [4.69, 9.17) is 11.6 Å². The van der Waals surface area contributed by atoms with Crippen LogP contribution in [-0.4, -0.2) is 27.8 Å². The van der Waals surface area contributed by atoms with Crippen LogP contribution in [-0.2, 0) is 9.59 Å². The molecule has 27 heavy (non-hydrogen) atoms. The highest BCUT2D eigenvalue weighted by Crippen LogP contribution is 2.28. The fourth-order valence-electron chi connectivity index (χ4n) is 2.84. The molecule has 1 heterocycles. The second kappa shape index (κ2) is 7.80. The van der Waals surface area contributed by atoms with Crippen LogP contribution in [0, 0.1) is 5.92 Å². The number of carbonyl (C=O) groups is 2. The van der Waals surface area contributed by atoms with Gasteiger partial charge >= 0.3 is 0 Å². The number of hydrogen-bond donors (Lipinski definition) is 3. The van der Waals surface area contributed by atoms with E-state index in [0.717, 1.165) is 16.6 Å². The number of anilines is 1. The van der Waals surface area contributed by atoms with Crippen molar-refractivity contribution in [2.24, 2.45) is 5.92 Å². The van der Waals surface area contributed by atoms with Gasteiger partial charge in [-0.3, -0.25) is 9.59 Å². The first kappa shape index (κ1) is 18.9. The lowest BCUT2D eigenvalue weighted by Gasteiger charge is -2.20. The predicted octanol–water partition coefficient (Wildman–Crippen LogP) is 3.98. The summed E-state index contributed by atoms with van der Waals surface area (Å²) in [7, 11) is 0. The summed E-state index contributed by atoms with van der Waals surface area (Å²) in [5.74, 6) is 0.136. The Morgan fingerprint density at radius 2 is 1.89 bits per heavy atom. The number of carbonyl (C=O) groups excluding carboxylic acids is 2. The van der Waals surface area contributed by atoms with E-state index in [9.17, 15) is 9.59 Å². The number of imidazole rings is 1. The van der Waals surface area contributed by atoms with E-state index in [1.54, 1.807) is 6.07 Å². The number of benzene rings is 2. The molecule has 140 valence electrons. The lowest BCUT2D eigenvalue weighted by Crippen LogP contribution is -2.46. The molecule has 1 aromatic heterocycles. The first-order chi connectivity index (χ1) is 12.8. The van der Waals surface area contributed by atoms with Gasteiger partial charge in [-0.15, -0.1) is 0 Å². The van der Waals surface area contributed by atoms with E-state index >= 15 is 0 Å². The highest BCUT2D eigenvalue weighted by molar-refractivity contribution is 6.33. The number of aromatic nitrogens is 2. The highest BCUT2D eigenvalue weighted by Gasteiger charge is 2.23. The van der Waals surface area contributed by atoms with Gasteiger partial charge in [0.15, 0.2) is 0 Å². The number of rotatable bonds is 5. The molecule has 3 rings (SSSR count). The van der Waals surface area contributed by atoms with E-state index in [0.29, 0.717) is 16.5 Å². The highest BCUT2D eigenvalue weighted by atomic mass is 35.5. The van der Waals surface area contributed by atoms with Crippen LogP contribution in [0.1, 0.15) is 20.8 Å². The Bertz CT molecular complexity index is 997. The van der Waals surface area contributed by atoms with Gasteiger partial charge < -0.3 is 15.6 Å². The minimum Gasteiger partial charge on any atom is -0.344 e. The predicted molar refractivity (Wildman–Crippen MR) is 108 cm³/mol. The van der Waals surface area contributed by atoms with Crippen molar-refractivity contribution < 1.29 is 9.59 Å². The first-order valence-corrected chi connectivity index (χ1v) is 9.05. The van der Waals surface area contributed by atoms with Crippen molar-refractivity contribution in [1.29, 1.82) is 0 Å². The minimum absolute atomic E-state index is 0.0309. The van der Waals surface area contributed by atoms with Crippen molar-refractivity contribution in [1.82, 2.24) is 15.3 Å². The summed E-state index contributed by atoms with van der Waals surface area (Å²) in [4.78, 5) is 31.7. The molecule has 0 fully saturated rings. The van der Waals surface area contributed by atoms with Gasteiger partial charge in [-0.25, -0.2) is 4.98 Å². The molecule has 7 heteroatoms. The molecule has 0 saturated carbocycles. The molecule has 1 atom stereocenters.